The highest BCUT2D eigenvalue weighted by atomic mass is 32.2. The highest BCUT2D eigenvalue weighted by molar-refractivity contribution is 7.94. The minimum absolute atomic E-state index is 0.137. The van der Waals surface area contributed by atoms with E-state index < -0.39 is 9.84 Å². The predicted molar refractivity (Wildman–Crippen MR) is 74.4 cm³/mol. The number of benzene rings is 1. The zero-order valence-corrected chi connectivity index (χ0v) is 12.3. The number of hydrogen-bond donors (Lipinski definition) is 0. The summed E-state index contributed by atoms with van der Waals surface area (Å²) in [7, 11) is -1.89. The van der Waals surface area contributed by atoms with Gasteiger partial charge in [0.1, 0.15) is 6.79 Å². The minimum Gasteiger partial charge on any atom is -0.359 e. The van der Waals surface area contributed by atoms with Gasteiger partial charge in [-0.3, -0.25) is 0 Å². The fourth-order valence-electron chi connectivity index (χ4n) is 1.49. The van der Waals surface area contributed by atoms with E-state index in [0.717, 1.165) is 0 Å². The Bertz CT molecular complexity index is 491. The van der Waals surface area contributed by atoms with Crippen molar-refractivity contribution in [3.63, 3.8) is 0 Å². The first kappa shape index (κ1) is 15.9. The maximum Gasteiger partial charge on any atom is 0.199 e. The lowest BCUT2D eigenvalue weighted by Crippen LogP contribution is -2.18. The van der Waals surface area contributed by atoms with Gasteiger partial charge < -0.3 is 9.47 Å². The van der Waals surface area contributed by atoms with Crippen LogP contribution in [0.2, 0.25) is 0 Å². The molecule has 0 saturated heterocycles. The Hall–Kier alpha value is -1.17. The van der Waals surface area contributed by atoms with Crippen molar-refractivity contribution in [3.05, 3.63) is 41.8 Å². The molecule has 0 spiro atoms. The third-order valence-electron chi connectivity index (χ3n) is 2.55. The third-order valence-corrected chi connectivity index (χ3v) is 4.00. The van der Waals surface area contributed by atoms with Crippen LogP contribution < -0.4 is 0 Å². The van der Waals surface area contributed by atoms with Crippen LogP contribution in [-0.2, 0) is 19.3 Å². The van der Waals surface area contributed by atoms with Crippen LogP contribution in [-0.4, -0.2) is 28.4 Å². The van der Waals surface area contributed by atoms with Gasteiger partial charge in [-0.25, -0.2) is 8.42 Å². The number of methoxy groups -OCH3 is 1. The van der Waals surface area contributed by atoms with E-state index in [1.165, 1.54) is 12.5 Å². The fourth-order valence-corrected chi connectivity index (χ4v) is 2.54. The average Bonchev–Trinajstić information content (AvgIpc) is 2.39. The summed E-state index contributed by atoms with van der Waals surface area (Å²) in [5.41, 5.74) is 0. The van der Waals surface area contributed by atoms with Gasteiger partial charge in [-0.15, -0.1) is 0 Å². The molecule has 106 valence electrons. The Morgan fingerprint density at radius 2 is 1.84 bits per heavy atom. The van der Waals surface area contributed by atoms with Gasteiger partial charge in [-0.05, 0) is 24.1 Å². The topological polar surface area (TPSA) is 52.6 Å². The van der Waals surface area contributed by atoms with E-state index in [4.69, 9.17) is 9.47 Å². The smallest absolute Gasteiger partial charge is 0.199 e. The van der Waals surface area contributed by atoms with Gasteiger partial charge in [0, 0.05) is 12.5 Å². The van der Waals surface area contributed by atoms with Crippen LogP contribution in [0.3, 0.4) is 0 Å². The van der Waals surface area contributed by atoms with Crippen LogP contribution in [0.25, 0.3) is 0 Å². The predicted octanol–water partition coefficient (Wildman–Crippen LogP) is 2.62. The standard InChI is InChI=1S/C14H20O4S/c1-12(2)14(18-11-17-3)9-10-19(15,16)13-7-5-4-6-8-13/h4-10,12,14H,11H2,1-3H3/b10-9+/t14-/m1/s1. The molecule has 0 aliphatic rings. The van der Waals surface area contributed by atoms with Crippen molar-refractivity contribution in [1.82, 2.24) is 0 Å². The summed E-state index contributed by atoms with van der Waals surface area (Å²) in [6.07, 6.45) is 1.27. The Labute approximate surface area is 115 Å². The Morgan fingerprint density at radius 3 is 2.37 bits per heavy atom. The lowest BCUT2D eigenvalue weighted by molar-refractivity contribution is -0.0685. The lowest BCUT2D eigenvalue weighted by Gasteiger charge is -2.17. The maximum absolute atomic E-state index is 12.1. The molecule has 19 heavy (non-hydrogen) atoms. The number of hydrogen-bond acceptors (Lipinski definition) is 4. The number of sulfone groups is 1. The molecule has 4 nitrogen and oxygen atoms in total. The van der Waals surface area contributed by atoms with E-state index in [9.17, 15) is 8.42 Å². The van der Waals surface area contributed by atoms with Crippen molar-refractivity contribution in [1.29, 1.82) is 0 Å². The molecule has 1 aromatic rings. The normalized spacial score (nSPS) is 14.1. The molecule has 0 aromatic heterocycles. The zero-order chi connectivity index (χ0) is 14.3. The van der Waals surface area contributed by atoms with Crippen molar-refractivity contribution in [2.24, 2.45) is 5.92 Å². The molecule has 0 aliphatic heterocycles. The van der Waals surface area contributed by atoms with Gasteiger partial charge in [0.05, 0.1) is 11.0 Å². The summed E-state index contributed by atoms with van der Waals surface area (Å²) in [6.45, 7) is 4.05. The second-order valence-corrected chi connectivity index (χ2v) is 6.30. The SMILES string of the molecule is COCO[C@H](/C=C/S(=O)(=O)c1ccccc1)C(C)C. The summed E-state index contributed by atoms with van der Waals surface area (Å²) in [5.74, 6) is 0.164. The highest BCUT2D eigenvalue weighted by Gasteiger charge is 2.14. The second kappa shape index (κ2) is 7.43. The largest absolute Gasteiger partial charge is 0.359 e. The zero-order valence-electron chi connectivity index (χ0n) is 11.4. The molecule has 0 amide bonds. The van der Waals surface area contributed by atoms with E-state index in [1.54, 1.807) is 36.4 Å². The molecule has 0 heterocycles. The van der Waals surface area contributed by atoms with Crippen molar-refractivity contribution in [2.75, 3.05) is 13.9 Å². The van der Waals surface area contributed by atoms with Crippen molar-refractivity contribution in [3.8, 4) is 0 Å². The van der Waals surface area contributed by atoms with Crippen LogP contribution in [0.1, 0.15) is 13.8 Å². The summed E-state index contributed by atoms with van der Waals surface area (Å²) < 4.78 is 34.4. The van der Waals surface area contributed by atoms with Crippen LogP contribution in [0.5, 0.6) is 0 Å². The van der Waals surface area contributed by atoms with E-state index in [0.29, 0.717) is 0 Å². The summed E-state index contributed by atoms with van der Waals surface area (Å²) in [6, 6.07) is 8.31. The Balaban J connectivity index is 2.83. The first-order chi connectivity index (χ1) is 8.97. The van der Waals surface area contributed by atoms with E-state index in [-0.39, 0.29) is 23.7 Å². The molecule has 0 saturated carbocycles. The number of rotatable bonds is 7. The quantitative estimate of drug-likeness (QED) is 0.722. The van der Waals surface area contributed by atoms with Crippen molar-refractivity contribution in [2.45, 2.75) is 24.8 Å². The Morgan fingerprint density at radius 1 is 1.21 bits per heavy atom. The molecule has 5 heteroatoms. The molecule has 0 aliphatic carbocycles. The fraction of sp³-hybridized carbons (Fsp3) is 0.429. The molecule has 0 fully saturated rings. The monoisotopic (exact) mass is 284 g/mol. The first-order valence-corrected chi connectivity index (χ1v) is 7.61. The summed E-state index contributed by atoms with van der Waals surface area (Å²) in [4.78, 5) is 0.278. The molecule has 0 unspecified atom stereocenters. The molecule has 0 radical (unpaired) electrons. The maximum atomic E-state index is 12.1. The minimum atomic E-state index is -3.42. The Kier molecular flexibility index (Phi) is 6.21. The van der Waals surface area contributed by atoms with Gasteiger partial charge in [0.25, 0.3) is 0 Å². The van der Waals surface area contributed by atoms with Gasteiger partial charge >= 0.3 is 0 Å². The molecule has 0 N–H and O–H groups in total. The van der Waals surface area contributed by atoms with Gasteiger partial charge in [-0.2, -0.15) is 0 Å². The molecule has 1 atom stereocenters. The van der Waals surface area contributed by atoms with Gasteiger partial charge in [-0.1, -0.05) is 32.0 Å². The molecule has 1 aromatic carbocycles. The summed E-state index contributed by atoms with van der Waals surface area (Å²) >= 11 is 0. The molecular weight excluding hydrogens is 264 g/mol. The van der Waals surface area contributed by atoms with Gasteiger partial charge in [0.2, 0.25) is 0 Å². The summed E-state index contributed by atoms with van der Waals surface area (Å²) in [5, 5.41) is 1.20. The van der Waals surface area contributed by atoms with Crippen LogP contribution in [0.4, 0.5) is 0 Å². The van der Waals surface area contributed by atoms with Crippen LogP contribution in [0.15, 0.2) is 46.7 Å². The third kappa shape index (κ3) is 5.14. The van der Waals surface area contributed by atoms with E-state index in [2.05, 4.69) is 0 Å². The van der Waals surface area contributed by atoms with Crippen molar-refractivity contribution < 1.29 is 17.9 Å². The molecule has 1 rings (SSSR count). The second-order valence-electron chi connectivity index (χ2n) is 4.47. The van der Waals surface area contributed by atoms with Crippen molar-refractivity contribution >= 4 is 9.84 Å². The van der Waals surface area contributed by atoms with E-state index >= 15 is 0 Å². The van der Waals surface area contributed by atoms with Crippen LogP contribution in [0, 0.1) is 5.92 Å². The highest BCUT2D eigenvalue weighted by Crippen LogP contribution is 2.14. The van der Waals surface area contributed by atoms with Crippen LogP contribution >= 0.6 is 0 Å². The van der Waals surface area contributed by atoms with E-state index in [1.807, 2.05) is 13.8 Å². The first-order valence-electron chi connectivity index (χ1n) is 6.06. The lowest BCUT2D eigenvalue weighted by atomic mass is 10.1. The van der Waals surface area contributed by atoms with Gasteiger partial charge in [0.15, 0.2) is 9.84 Å². The molecule has 0 bridgehead atoms. The average molecular weight is 284 g/mol. The number of ether oxygens (including phenoxy) is 2. The molecular formula is C14H20O4S.